The van der Waals surface area contributed by atoms with Crippen LogP contribution in [0.5, 0.6) is 0 Å². The number of aromatic nitrogens is 1. The number of pyridine rings is 1. The van der Waals surface area contributed by atoms with E-state index in [0.717, 1.165) is 11.1 Å². The molecular weight excluding hydrogens is 176 g/mol. The molecule has 0 fully saturated rings. The van der Waals surface area contributed by atoms with Gasteiger partial charge in [-0.05, 0) is 38.0 Å². The van der Waals surface area contributed by atoms with Crippen LogP contribution in [0.3, 0.4) is 0 Å². The van der Waals surface area contributed by atoms with Crippen molar-refractivity contribution in [3.63, 3.8) is 0 Å². The second-order valence-electron chi connectivity index (χ2n) is 3.75. The predicted octanol–water partition coefficient (Wildman–Crippen LogP) is 1.60. The lowest BCUT2D eigenvalue weighted by Crippen LogP contribution is -2.39. The van der Waals surface area contributed by atoms with Gasteiger partial charge in [-0.15, -0.1) is 0 Å². The topological polar surface area (TPSA) is 48.1 Å². The zero-order valence-electron chi connectivity index (χ0n) is 9.08. The maximum Gasteiger partial charge on any atom is 0.0685 e. The molecule has 0 saturated heterocycles. The third-order valence-corrected chi connectivity index (χ3v) is 2.26. The Hall–Kier alpha value is -0.930. The van der Waals surface area contributed by atoms with E-state index < -0.39 is 5.54 Å². The van der Waals surface area contributed by atoms with E-state index in [1.54, 1.807) is 6.20 Å². The van der Waals surface area contributed by atoms with Crippen molar-refractivity contribution < 1.29 is 4.74 Å². The van der Waals surface area contributed by atoms with Gasteiger partial charge in [0, 0.05) is 19.0 Å². The fraction of sp³-hybridized carbons (Fsp3) is 0.545. The quantitative estimate of drug-likeness (QED) is 0.792. The summed E-state index contributed by atoms with van der Waals surface area (Å²) in [6.07, 6.45) is 3.59. The van der Waals surface area contributed by atoms with Crippen LogP contribution in [0.15, 0.2) is 18.5 Å². The van der Waals surface area contributed by atoms with Crippen molar-refractivity contribution in [3.05, 3.63) is 29.6 Å². The van der Waals surface area contributed by atoms with Crippen molar-refractivity contribution in [1.82, 2.24) is 4.98 Å². The summed E-state index contributed by atoms with van der Waals surface area (Å²) >= 11 is 0. The Labute approximate surface area is 85.3 Å². The molecule has 14 heavy (non-hydrogen) atoms. The zero-order valence-corrected chi connectivity index (χ0v) is 9.08. The van der Waals surface area contributed by atoms with E-state index in [4.69, 9.17) is 10.5 Å². The highest BCUT2D eigenvalue weighted by Crippen LogP contribution is 2.20. The summed E-state index contributed by atoms with van der Waals surface area (Å²) in [5.74, 6) is 0. The Balaban J connectivity index is 2.86. The van der Waals surface area contributed by atoms with E-state index in [-0.39, 0.29) is 0 Å². The van der Waals surface area contributed by atoms with E-state index in [1.807, 2.05) is 33.0 Å². The summed E-state index contributed by atoms with van der Waals surface area (Å²) in [6.45, 7) is 7.18. The standard InChI is InChI=1S/C11H18N2O/c1-4-14-8-11(3,12)10-7-13-6-5-9(10)2/h5-7H,4,8,12H2,1-3H3. The van der Waals surface area contributed by atoms with Crippen molar-refractivity contribution in [3.8, 4) is 0 Å². The molecule has 0 amide bonds. The lowest BCUT2D eigenvalue weighted by molar-refractivity contribution is 0.100. The van der Waals surface area contributed by atoms with Gasteiger partial charge in [0.1, 0.15) is 0 Å². The smallest absolute Gasteiger partial charge is 0.0685 e. The van der Waals surface area contributed by atoms with Crippen LogP contribution in [0.1, 0.15) is 25.0 Å². The van der Waals surface area contributed by atoms with Crippen molar-refractivity contribution in [2.45, 2.75) is 26.3 Å². The molecule has 0 aromatic carbocycles. The highest BCUT2D eigenvalue weighted by Gasteiger charge is 2.23. The summed E-state index contributed by atoms with van der Waals surface area (Å²) in [7, 11) is 0. The van der Waals surface area contributed by atoms with Crippen molar-refractivity contribution in [2.24, 2.45) is 5.73 Å². The fourth-order valence-corrected chi connectivity index (χ4v) is 1.45. The molecule has 0 aliphatic carbocycles. The van der Waals surface area contributed by atoms with E-state index in [0.29, 0.717) is 13.2 Å². The van der Waals surface area contributed by atoms with Crippen LogP contribution in [0.2, 0.25) is 0 Å². The van der Waals surface area contributed by atoms with Gasteiger partial charge in [-0.2, -0.15) is 0 Å². The highest BCUT2D eigenvalue weighted by atomic mass is 16.5. The first-order chi connectivity index (χ1) is 6.58. The number of nitrogens with two attached hydrogens (primary N) is 1. The van der Waals surface area contributed by atoms with Crippen molar-refractivity contribution >= 4 is 0 Å². The molecule has 1 aromatic rings. The van der Waals surface area contributed by atoms with Crippen LogP contribution in [-0.4, -0.2) is 18.2 Å². The lowest BCUT2D eigenvalue weighted by atomic mass is 9.92. The average molecular weight is 194 g/mol. The molecule has 0 aliphatic rings. The molecule has 1 unspecified atom stereocenters. The summed E-state index contributed by atoms with van der Waals surface area (Å²) in [5, 5.41) is 0. The minimum atomic E-state index is -0.450. The number of ether oxygens (including phenoxy) is 1. The number of nitrogens with zero attached hydrogens (tertiary/aromatic N) is 1. The molecule has 1 atom stereocenters. The molecule has 0 saturated carbocycles. The molecule has 2 N–H and O–H groups in total. The van der Waals surface area contributed by atoms with E-state index in [1.165, 1.54) is 0 Å². The first kappa shape index (κ1) is 11.1. The van der Waals surface area contributed by atoms with Gasteiger partial charge >= 0.3 is 0 Å². The SMILES string of the molecule is CCOCC(C)(N)c1cnccc1C. The summed E-state index contributed by atoms with van der Waals surface area (Å²) in [5.41, 5.74) is 7.92. The Morgan fingerprint density at radius 1 is 1.57 bits per heavy atom. The minimum absolute atomic E-state index is 0.450. The van der Waals surface area contributed by atoms with Gasteiger partial charge in [0.15, 0.2) is 0 Å². The normalized spacial score (nSPS) is 15.1. The zero-order chi connectivity index (χ0) is 10.6. The molecule has 3 nitrogen and oxygen atoms in total. The van der Waals surface area contributed by atoms with Crippen LogP contribution in [0.25, 0.3) is 0 Å². The van der Waals surface area contributed by atoms with Crippen LogP contribution < -0.4 is 5.73 Å². The molecule has 1 rings (SSSR count). The Bertz CT molecular complexity index is 297. The Kier molecular flexibility index (Phi) is 3.61. The third-order valence-electron chi connectivity index (χ3n) is 2.26. The molecule has 1 aromatic heterocycles. The second kappa shape index (κ2) is 4.53. The number of hydrogen-bond acceptors (Lipinski definition) is 3. The van der Waals surface area contributed by atoms with Gasteiger partial charge in [-0.1, -0.05) is 0 Å². The van der Waals surface area contributed by atoms with Crippen LogP contribution in [0.4, 0.5) is 0 Å². The average Bonchev–Trinajstić information content (AvgIpc) is 2.15. The van der Waals surface area contributed by atoms with E-state index >= 15 is 0 Å². The molecular formula is C11H18N2O. The van der Waals surface area contributed by atoms with Crippen molar-refractivity contribution in [1.29, 1.82) is 0 Å². The van der Waals surface area contributed by atoms with E-state index in [2.05, 4.69) is 4.98 Å². The Morgan fingerprint density at radius 2 is 2.29 bits per heavy atom. The van der Waals surface area contributed by atoms with Crippen LogP contribution in [-0.2, 0) is 10.3 Å². The molecule has 1 heterocycles. The molecule has 0 bridgehead atoms. The fourth-order valence-electron chi connectivity index (χ4n) is 1.45. The number of hydrogen-bond donors (Lipinski definition) is 1. The van der Waals surface area contributed by atoms with Gasteiger partial charge in [-0.3, -0.25) is 4.98 Å². The predicted molar refractivity (Wildman–Crippen MR) is 57.0 cm³/mol. The van der Waals surface area contributed by atoms with Crippen LogP contribution >= 0.6 is 0 Å². The van der Waals surface area contributed by atoms with Gasteiger partial charge in [0.05, 0.1) is 12.1 Å². The summed E-state index contributed by atoms with van der Waals surface area (Å²) < 4.78 is 5.35. The van der Waals surface area contributed by atoms with Gasteiger partial charge < -0.3 is 10.5 Å². The van der Waals surface area contributed by atoms with E-state index in [9.17, 15) is 0 Å². The van der Waals surface area contributed by atoms with Gasteiger partial charge in [0.25, 0.3) is 0 Å². The molecule has 0 spiro atoms. The number of aryl methyl sites for hydroxylation is 1. The monoisotopic (exact) mass is 194 g/mol. The summed E-state index contributed by atoms with van der Waals surface area (Å²) in [6, 6.07) is 1.96. The van der Waals surface area contributed by atoms with Crippen LogP contribution in [0, 0.1) is 6.92 Å². The molecule has 0 aliphatic heterocycles. The molecule has 3 heteroatoms. The van der Waals surface area contributed by atoms with Gasteiger partial charge in [-0.25, -0.2) is 0 Å². The maximum absolute atomic E-state index is 6.16. The molecule has 78 valence electrons. The first-order valence-electron chi connectivity index (χ1n) is 4.85. The Morgan fingerprint density at radius 3 is 2.86 bits per heavy atom. The van der Waals surface area contributed by atoms with Crippen molar-refractivity contribution in [2.75, 3.05) is 13.2 Å². The lowest BCUT2D eigenvalue weighted by Gasteiger charge is -2.26. The second-order valence-corrected chi connectivity index (χ2v) is 3.75. The first-order valence-corrected chi connectivity index (χ1v) is 4.85. The summed E-state index contributed by atoms with van der Waals surface area (Å²) in [4.78, 5) is 4.08. The number of rotatable bonds is 4. The van der Waals surface area contributed by atoms with Gasteiger partial charge in [0.2, 0.25) is 0 Å². The maximum atomic E-state index is 6.16. The molecule has 0 radical (unpaired) electrons. The minimum Gasteiger partial charge on any atom is -0.379 e. The highest BCUT2D eigenvalue weighted by molar-refractivity contribution is 5.28. The largest absolute Gasteiger partial charge is 0.379 e. The third kappa shape index (κ3) is 2.53.